The van der Waals surface area contributed by atoms with Crippen LogP contribution in [-0.4, -0.2) is 43.8 Å². The van der Waals surface area contributed by atoms with Gasteiger partial charge < -0.3 is 9.42 Å². The number of carbonyl (C=O) groups is 1. The first kappa shape index (κ1) is 19.4. The van der Waals surface area contributed by atoms with Gasteiger partial charge in [-0.05, 0) is 45.2 Å². The number of rotatable bonds is 6. The quantitative estimate of drug-likeness (QED) is 0.638. The zero-order valence-corrected chi connectivity index (χ0v) is 17.0. The summed E-state index contributed by atoms with van der Waals surface area (Å²) in [7, 11) is 0. The van der Waals surface area contributed by atoms with Crippen molar-refractivity contribution in [3.63, 3.8) is 0 Å². The maximum atomic E-state index is 12.6. The number of amides is 1. The summed E-state index contributed by atoms with van der Waals surface area (Å²) in [5.74, 6) is 1.33. The molecule has 3 aromatic rings. The number of aromatic nitrogens is 4. The number of aryl methyl sites for hydroxylation is 3. The van der Waals surface area contributed by atoms with Crippen molar-refractivity contribution in [3.05, 3.63) is 53.9 Å². The van der Waals surface area contributed by atoms with Gasteiger partial charge in [0.15, 0.2) is 0 Å². The molecule has 0 saturated carbocycles. The van der Waals surface area contributed by atoms with Gasteiger partial charge in [-0.2, -0.15) is 5.10 Å². The van der Waals surface area contributed by atoms with Gasteiger partial charge in [-0.25, -0.2) is 0 Å². The van der Waals surface area contributed by atoms with Gasteiger partial charge in [-0.1, -0.05) is 11.2 Å². The van der Waals surface area contributed by atoms with E-state index in [1.807, 2.05) is 41.9 Å². The molecule has 0 radical (unpaired) electrons. The lowest BCUT2D eigenvalue weighted by Crippen LogP contribution is -2.39. The number of pyridine rings is 1. The number of likely N-dealkylation sites (tertiary alicyclic amines) is 1. The third-order valence-electron chi connectivity index (χ3n) is 5.64. The van der Waals surface area contributed by atoms with Crippen molar-refractivity contribution in [2.75, 3.05) is 13.1 Å². The van der Waals surface area contributed by atoms with E-state index < -0.39 is 0 Å². The van der Waals surface area contributed by atoms with Crippen molar-refractivity contribution in [3.8, 4) is 11.1 Å². The molecule has 3 aromatic heterocycles. The van der Waals surface area contributed by atoms with E-state index in [0.717, 1.165) is 67.2 Å². The van der Waals surface area contributed by atoms with E-state index in [2.05, 4.69) is 22.4 Å². The van der Waals surface area contributed by atoms with Crippen LogP contribution in [0.3, 0.4) is 0 Å². The fourth-order valence-corrected chi connectivity index (χ4v) is 4.12. The fourth-order valence-electron chi connectivity index (χ4n) is 4.12. The van der Waals surface area contributed by atoms with Gasteiger partial charge in [0.25, 0.3) is 0 Å². The van der Waals surface area contributed by atoms with E-state index in [0.29, 0.717) is 6.42 Å². The predicted octanol–water partition coefficient (Wildman–Crippen LogP) is 3.74. The lowest BCUT2D eigenvalue weighted by atomic mass is 9.93. The molecular formula is C22H27N5O2. The molecule has 1 atom stereocenters. The smallest absolute Gasteiger partial charge is 0.222 e. The number of piperidine rings is 1. The lowest BCUT2D eigenvalue weighted by Gasteiger charge is -2.32. The molecule has 1 fully saturated rings. The number of hydrogen-bond acceptors (Lipinski definition) is 5. The van der Waals surface area contributed by atoms with Crippen LogP contribution < -0.4 is 0 Å². The number of carbonyl (C=O) groups excluding carboxylic acids is 1. The van der Waals surface area contributed by atoms with Crippen LogP contribution in [0.15, 0.2) is 41.3 Å². The third-order valence-corrected chi connectivity index (χ3v) is 5.64. The van der Waals surface area contributed by atoms with Crippen molar-refractivity contribution in [2.24, 2.45) is 0 Å². The van der Waals surface area contributed by atoms with Crippen molar-refractivity contribution in [1.82, 2.24) is 24.8 Å². The standard InChI is InChI=1S/C22H27N5O2/c1-16-22(17(2)29-25-16)18-8-9-20(23-14-18)19-6-3-11-26(15-19)21(28)7-4-12-27-13-5-10-24-27/h5,8-10,13-14,19H,3-4,6-7,11-12,15H2,1-2H3. The lowest BCUT2D eigenvalue weighted by molar-refractivity contribution is -0.132. The molecule has 7 heteroatoms. The van der Waals surface area contributed by atoms with Gasteiger partial charge in [0, 0.05) is 67.4 Å². The Kier molecular flexibility index (Phi) is 5.74. The van der Waals surface area contributed by atoms with Crippen molar-refractivity contribution >= 4 is 5.91 Å². The zero-order chi connectivity index (χ0) is 20.2. The van der Waals surface area contributed by atoms with E-state index >= 15 is 0 Å². The molecule has 0 aliphatic carbocycles. The fraction of sp³-hybridized carbons (Fsp3) is 0.455. The highest BCUT2D eigenvalue weighted by Gasteiger charge is 2.25. The van der Waals surface area contributed by atoms with Crippen molar-refractivity contribution in [2.45, 2.75) is 52.0 Å². The van der Waals surface area contributed by atoms with Crippen LogP contribution in [0, 0.1) is 13.8 Å². The Bertz CT molecular complexity index is 927. The summed E-state index contributed by atoms with van der Waals surface area (Å²) in [6.07, 6.45) is 9.04. The second-order valence-corrected chi connectivity index (χ2v) is 7.72. The normalized spacial score (nSPS) is 16.9. The molecule has 1 unspecified atom stereocenters. The zero-order valence-electron chi connectivity index (χ0n) is 17.0. The third kappa shape index (κ3) is 4.39. The van der Waals surface area contributed by atoms with E-state index in [4.69, 9.17) is 9.51 Å². The highest BCUT2D eigenvalue weighted by Crippen LogP contribution is 2.30. The predicted molar refractivity (Wildman–Crippen MR) is 109 cm³/mol. The van der Waals surface area contributed by atoms with Gasteiger partial charge >= 0.3 is 0 Å². The molecule has 7 nitrogen and oxygen atoms in total. The largest absolute Gasteiger partial charge is 0.361 e. The van der Waals surface area contributed by atoms with E-state index in [-0.39, 0.29) is 11.8 Å². The van der Waals surface area contributed by atoms with Crippen LogP contribution in [0.4, 0.5) is 0 Å². The molecule has 1 aliphatic heterocycles. The summed E-state index contributed by atoms with van der Waals surface area (Å²) in [5.41, 5.74) is 3.96. The Morgan fingerprint density at radius 2 is 2.21 bits per heavy atom. The number of nitrogens with zero attached hydrogens (tertiary/aromatic N) is 5. The molecule has 1 saturated heterocycles. The Labute approximate surface area is 170 Å². The van der Waals surface area contributed by atoms with Crippen LogP contribution in [0.1, 0.15) is 48.7 Å². The van der Waals surface area contributed by atoms with E-state index in [1.54, 1.807) is 6.20 Å². The van der Waals surface area contributed by atoms with Crippen molar-refractivity contribution in [1.29, 1.82) is 0 Å². The van der Waals surface area contributed by atoms with Crippen LogP contribution in [0.5, 0.6) is 0 Å². The van der Waals surface area contributed by atoms with Gasteiger partial charge in [-0.15, -0.1) is 0 Å². The van der Waals surface area contributed by atoms with E-state index in [1.165, 1.54) is 0 Å². The maximum absolute atomic E-state index is 12.6. The Morgan fingerprint density at radius 1 is 1.31 bits per heavy atom. The second-order valence-electron chi connectivity index (χ2n) is 7.72. The minimum Gasteiger partial charge on any atom is -0.361 e. The van der Waals surface area contributed by atoms with Crippen LogP contribution in [-0.2, 0) is 11.3 Å². The number of hydrogen-bond donors (Lipinski definition) is 0. The second kappa shape index (κ2) is 8.59. The van der Waals surface area contributed by atoms with Crippen LogP contribution in [0.2, 0.25) is 0 Å². The molecule has 152 valence electrons. The Balaban J connectivity index is 1.36. The summed E-state index contributed by atoms with van der Waals surface area (Å²) in [5, 5.41) is 8.21. The monoisotopic (exact) mass is 393 g/mol. The first-order valence-corrected chi connectivity index (χ1v) is 10.3. The first-order chi connectivity index (χ1) is 14.1. The molecule has 0 bridgehead atoms. The van der Waals surface area contributed by atoms with Gasteiger partial charge in [-0.3, -0.25) is 14.5 Å². The molecule has 1 aliphatic rings. The maximum Gasteiger partial charge on any atom is 0.222 e. The minimum absolute atomic E-state index is 0.231. The van der Waals surface area contributed by atoms with Crippen molar-refractivity contribution < 1.29 is 9.32 Å². The van der Waals surface area contributed by atoms with Gasteiger partial charge in [0.1, 0.15) is 5.76 Å². The van der Waals surface area contributed by atoms with Gasteiger partial charge in [0.05, 0.1) is 5.69 Å². The SMILES string of the molecule is Cc1noc(C)c1-c1ccc(C2CCCN(C(=O)CCCn3cccn3)C2)nc1. The minimum atomic E-state index is 0.231. The molecule has 4 rings (SSSR count). The first-order valence-electron chi connectivity index (χ1n) is 10.3. The van der Waals surface area contributed by atoms with E-state index in [9.17, 15) is 4.79 Å². The van der Waals surface area contributed by atoms with Gasteiger partial charge in [0.2, 0.25) is 5.91 Å². The van der Waals surface area contributed by atoms with Crippen LogP contribution >= 0.6 is 0 Å². The highest BCUT2D eigenvalue weighted by molar-refractivity contribution is 5.76. The highest BCUT2D eigenvalue weighted by atomic mass is 16.5. The molecule has 0 spiro atoms. The Hall–Kier alpha value is -2.96. The summed E-state index contributed by atoms with van der Waals surface area (Å²) >= 11 is 0. The molecule has 0 N–H and O–H groups in total. The molecule has 0 aromatic carbocycles. The summed E-state index contributed by atoms with van der Waals surface area (Å²) < 4.78 is 7.14. The topological polar surface area (TPSA) is 77.0 Å². The average Bonchev–Trinajstić information content (AvgIpc) is 3.38. The molecule has 29 heavy (non-hydrogen) atoms. The summed E-state index contributed by atoms with van der Waals surface area (Å²) in [4.78, 5) is 19.4. The molecular weight excluding hydrogens is 366 g/mol. The summed E-state index contributed by atoms with van der Waals surface area (Å²) in [6, 6.07) is 6.07. The van der Waals surface area contributed by atoms with Crippen LogP contribution in [0.25, 0.3) is 11.1 Å². The molecule has 1 amide bonds. The average molecular weight is 393 g/mol. The molecule has 4 heterocycles. The summed E-state index contributed by atoms with van der Waals surface area (Å²) in [6.45, 7) is 6.23. The Morgan fingerprint density at radius 3 is 2.90 bits per heavy atom.